The third-order valence-corrected chi connectivity index (χ3v) is 5.43. The average molecular weight is 442 g/mol. The van der Waals surface area contributed by atoms with Gasteiger partial charge in [0.05, 0.1) is 29.8 Å². The van der Waals surface area contributed by atoms with E-state index in [0.29, 0.717) is 18.0 Å². The first-order chi connectivity index (χ1) is 13.6. The molecule has 0 heterocycles. The topological polar surface area (TPSA) is 88.1 Å². The number of carbonyl (C=O) groups is 1. The first-order valence-electron chi connectivity index (χ1n) is 8.64. The quantitative estimate of drug-likeness (QED) is 0.503. The van der Waals surface area contributed by atoms with E-state index in [2.05, 4.69) is 10.5 Å². The number of anilines is 1. The Bertz CT molecular complexity index is 977. The second-order valence-corrected chi connectivity index (χ2v) is 8.30. The lowest BCUT2D eigenvalue weighted by molar-refractivity contribution is -0.121. The molecule has 1 atom stereocenters. The third kappa shape index (κ3) is 5.91. The van der Waals surface area contributed by atoms with Gasteiger partial charge in [0.25, 0.3) is 5.91 Å². The number of rotatable bonds is 8. The predicted octanol–water partition coefficient (Wildman–Crippen LogP) is 3.18. The van der Waals surface area contributed by atoms with Gasteiger partial charge in [0.15, 0.2) is 0 Å². The molecule has 0 saturated heterocycles. The molecule has 1 N–H and O–H groups in total. The van der Waals surface area contributed by atoms with Gasteiger partial charge in [0.1, 0.15) is 17.6 Å². The van der Waals surface area contributed by atoms with E-state index in [1.54, 1.807) is 12.1 Å². The molecule has 10 heteroatoms. The summed E-state index contributed by atoms with van der Waals surface area (Å²) in [6.45, 7) is 3.72. The fraction of sp³-hybridized carbons (Fsp3) is 0.263. The minimum atomic E-state index is -3.78. The van der Waals surface area contributed by atoms with E-state index in [1.807, 2.05) is 6.92 Å². The molecule has 29 heavy (non-hydrogen) atoms. The fourth-order valence-corrected chi connectivity index (χ4v) is 3.94. The highest BCUT2D eigenvalue weighted by atomic mass is 35.5. The summed E-state index contributed by atoms with van der Waals surface area (Å²) in [6, 6.07) is 9.31. The van der Waals surface area contributed by atoms with Gasteiger partial charge in [0, 0.05) is 5.56 Å². The smallest absolute Gasteiger partial charge is 0.263 e. The van der Waals surface area contributed by atoms with Crippen molar-refractivity contribution < 1.29 is 22.3 Å². The van der Waals surface area contributed by atoms with Gasteiger partial charge in [-0.1, -0.05) is 17.7 Å². The monoisotopic (exact) mass is 441 g/mol. The molecule has 2 rings (SSSR count). The molecule has 0 radical (unpaired) electrons. The van der Waals surface area contributed by atoms with Crippen LogP contribution >= 0.6 is 11.6 Å². The highest BCUT2D eigenvalue weighted by molar-refractivity contribution is 7.92. The van der Waals surface area contributed by atoms with Crippen molar-refractivity contribution in [2.75, 3.05) is 17.2 Å². The van der Waals surface area contributed by atoms with E-state index in [-0.39, 0.29) is 10.6 Å². The lowest BCUT2D eigenvalue weighted by atomic mass is 10.2. The highest BCUT2D eigenvalue weighted by Crippen LogP contribution is 2.24. The number of hydrazone groups is 1. The number of halogens is 2. The molecule has 0 fully saturated rings. The molecule has 0 aromatic heterocycles. The van der Waals surface area contributed by atoms with Crippen LogP contribution in [0.1, 0.15) is 19.4 Å². The van der Waals surface area contributed by atoms with Crippen LogP contribution in [0, 0.1) is 5.82 Å². The van der Waals surface area contributed by atoms with Gasteiger partial charge in [-0.15, -0.1) is 0 Å². The third-order valence-electron chi connectivity index (χ3n) is 3.86. The molecule has 0 aliphatic carbocycles. The number of carbonyl (C=O) groups excluding carboxylic acids is 1. The summed E-state index contributed by atoms with van der Waals surface area (Å²) in [5.74, 6) is -0.725. The summed E-state index contributed by atoms with van der Waals surface area (Å²) in [7, 11) is -3.78. The number of benzene rings is 2. The largest absolute Gasteiger partial charge is 0.494 e. The van der Waals surface area contributed by atoms with Crippen molar-refractivity contribution in [2.24, 2.45) is 5.10 Å². The van der Waals surface area contributed by atoms with E-state index in [9.17, 15) is 17.6 Å². The van der Waals surface area contributed by atoms with Gasteiger partial charge in [-0.25, -0.2) is 18.2 Å². The maximum atomic E-state index is 13.7. The Balaban J connectivity index is 2.19. The van der Waals surface area contributed by atoms with Crippen LogP contribution in [-0.4, -0.2) is 39.4 Å². The van der Waals surface area contributed by atoms with Crippen LogP contribution in [0.4, 0.5) is 10.1 Å². The summed E-state index contributed by atoms with van der Waals surface area (Å²) >= 11 is 5.89. The second kappa shape index (κ2) is 9.71. The summed E-state index contributed by atoms with van der Waals surface area (Å²) in [5, 5.41) is 3.82. The Morgan fingerprint density at radius 3 is 2.52 bits per heavy atom. The van der Waals surface area contributed by atoms with Crippen molar-refractivity contribution in [1.82, 2.24) is 5.43 Å². The molecule has 0 aliphatic heterocycles. The number of ether oxygens (including phenoxy) is 1. The molecule has 1 amide bonds. The molecule has 0 spiro atoms. The molecule has 0 bridgehead atoms. The Kier molecular flexibility index (Phi) is 7.58. The van der Waals surface area contributed by atoms with Crippen LogP contribution in [0.25, 0.3) is 0 Å². The van der Waals surface area contributed by atoms with Crippen molar-refractivity contribution in [1.29, 1.82) is 0 Å². The van der Waals surface area contributed by atoms with Gasteiger partial charge >= 0.3 is 0 Å². The Hall–Kier alpha value is -2.65. The molecule has 2 aromatic rings. The highest BCUT2D eigenvalue weighted by Gasteiger charge is 2.29. The fourth-order valence-electron chi connectivity index (χ4n) is 2.55. The van der Waals surface area contributed by atoms with Crippen LogP contribution in [0.2, 0.25) is 5.02 Å². The normalized spacial score (nSPS) is 12.6. The van der Waals surface area contributed by atoms with E-state index in [4.69, 9.17) is 16.3 Å². The second-order valence-electron chi connectivity index (χ2n) is 6.03. The molecule has 2 aromatic carbocycles. The Morgan fingerprint density at radius 1 is 1.31 bits per heavy atom. The van der Waals surface area contributed by atoms with Crippen LogP contribution in [0.5, 0.6) is 5.75 Å². The molecule has 0 unspecified atom stereocenters. The van der Waals surface area contributed by atoms with Gasteiger partial charge in [0.2, 0.25) is 10.0 Å². The van der Waals surface area contributed by atoms with Crippen molar-refractivity contribution in [3.8, 4) is 5.75 Å². The minimum Gasteiger partial charge on any atom is -0.494 e. The van der Waals surface area contributed by atoms with Crippen molar-refractivity contribution in [3.05, 3.63) is 58.9 Å². The van der Waals surface area contributed by atoms with Crippen molar-refractivity contribution in [3.63, 3.8) is 0 Å². The average Bonchev–Trinajstić information content (AvgIpc) is 2.64. The van der Waals surface area contributed by atoms with Gasteiger partial charge < -0.3 is 4.74 Å². The van der Waals surface area contributed by atoms with E-state index < -0.39 is 27.8 Å². The van der Waals surface area contributed by atoms with E-state index >= 15 is 0 Å². The summed E-state index contributed by atoms with van der Waals surface area (Å²) in [4.78, 5) is 12.5. The molecule has 7 nitrogen and oxygen atoms in total. The summed E-state index contributed by atoms with van der Waals surface area (Å²) < 4.78 is 44.6. The van der Waals surface area contributed by atoms with Crippen LogP contribution < -0.4 is 14.5 Å². The number of nitrogens with zero attached hydrogens (tertiary/aromatic N) is 2. The first-order valence-corrected chi connectivity index (χ1v) is 10.9. The molecule has 0 aliphatic rings. The van der Waals surface area contributed by atoms with Crippen molar-refractivity contribution >= 4 is 39.4 Å². The zero-order valence-electron chi connectivity index (χ0n) is 16.1. The first kappa shape index (κ1) is 22.6. The standard InChI is InChI=1S/C19H21ClFN3O4S/c1-4-28-15-10-8-14(9-11-15)24(29(3,26)27)13(2)19(25)23-22-12-16-17(20)6-5-7-18(16)21/h5-13H,4H2,1-3H3,(H,23,25)/b22-12-/t13-/m1/s1. The van der Waals surface area contributed by atoms with Gasteiger partial charge in [-0.3, -0.25) is 9.10 Å². The van der Waals surface area contributed by atoms with Gasteiger partial charge in [-0.05, 0) is 50.2 Å². The number of hydrogen-bond donors (Lipinski definition) is 1. The molecular formula is C19H21ClFN3O4S. The molecule has 156 valence electrons. The SMILES string of the molecule is CCOc1ccc(N([C@H](C)C(=O)N/N=C\c2c(F)cccc2Cl)S(C)(=O)=O)cc1. The Morgan fingerprint density at radius 2 is 1.97 bits per heavy atom. The zero-order chi connectivity index (χ0) is 21.6. The van der Waals surface area contributed by atoms with E-state index in [0.717, 1.165) is 16.8 Å². The maximum Gasteiger partial charge on any atom is 0.263 e. The number of sulfonamides is 1. The number of hydrogen-bond acceptors (Lipinski definition) is 5. The van der Waals surface area contributed by atoms with Crippen LogP contribution in [0.15, 0.2) is 47.6 Å². The number of amides is 1. The molecule has 0 saturated carbocycles. The van der Waals surface area contributed by atoms with Crippen LogP contribution in [0.3, 0.4) is 0 Å². The number of nitrogens with one attached hydrogen (secondary N) is 1. The van der Waals surface area contributed by atoms with E-state index in [1.165, 1.54) is 37.3 Å². The minimum absolute atomic E-state index is 0.00796. The lowest BCUT2D eigenvalue weighted by Gasteiger charge is -2.27. The summed E-state index contributed by atoms with van der Waals surface area (Å²) in [6.07, 6.45) is 2.06. The summed E-state index contributed by atoms with van der Waals surface area (Å²) in [5.41, 5.74) is 2.51. The zero-order valence-corrected chi connectivity index (χ0v) is 17.7. The van der Waals surface area contributed by atoms with Gasteiger partial charge in [-0.2, -0.15) is 5.10 Å². The Labute approximate surface area is 174 Å². The van der Waals surface area contributed by atoms with Crippen LogP contribution in [-0.2, 0) is 14.8 Å². The lowest BCUT2D eigenvalue weighted by Crippen LogP contribution is -2.46. The molecular weight excluding hydrogens is 421 g/mol. The van der Waals surface area contributed by atoms with Crippen molar-refractivity contribution in [2.45, 2.75) is 19.9 Å². The maximum absolute atomic E-state index is 13.7. The predicted molar refractivity (Wildman–Crippen MR) is 112 cm³/mol.